The van der Waals surface area contributed by atoms with E-state index in [1.807, 2.05) is 31.2 Å². The van der Waals surface area contributed by atoms with Gasteiger partial charge in [-0.25, -0.2) is 4.98 Å². The number of alkyl halides is 3. The van der Waals surface area contributed by atoms with Gasteiger partial charge in [0.25, 0.3) is 0 Å². The molecule has 0 radical (unpaired) electrons. The molecule has 3 aromatic rings. The van der Waals surface area contributed by atoms with Crippen LogP contribution in [0.15, 0.2) is 48.7 Å². The maximum Gasteiger partial charge on any atom is 0.416 e. The largest absolute Gasteiger partial charge is 0.416 e. The fraction of sp³-hybridized carbons (Fsp3) is 0.200. The highest BCUT2D eigenvalue weighted by molar-refractivity contribution is 7.15. The average Bonchev–Trinajstić information content (AvgIpc) is 3.09. The smallest absolute Gasteiger partial charge is 0.376 e. The van der Waals surface area contributed by atoms with Gasteiger partial charge >= 0.3 is 6.18 Å². The topological polar surface area (TPSA) is 54.0 Å². The zero-order chi connectivity index (χ0) is 21.0. The fourth-order valence-corrected chi connectivity index (χ4v) is 3.57. The molecule has 1 aromatic heterocycles. The minimum absolute atomic E-state index is 0.0669. The van der Waals surface area contributed by atoms with E-state index >= 15 is 0 Å². The number of hydrogen-bond acceptors (Lipinski definition) is 4. The van der Waals surface area contributed by atoms with Crippen molar-refractivity contribution in [2.75, 3.05) is 17.2 Å². The highest BCUT2D eigenvalue weighted by atomic mass is 35.5. The number of carbonyl (C=O) groups excluding carboxylic acids is 1. The minimum atomic E-state index is -4.43. The van der Waals surface area contributed by atoms with Crippen LogP contribution >= 0.6 is 22.9 Å². The Morgan fingerprint density at radius 3 is 2.59 bits per heavy atom. The second-order valence-electron chi connectivity index (χ2n) is 6.38. The van der Waals surface area contributed by atoms with E-state index in [9.17, 15) is 18.0 Å². The van der Waals surface area contributed by atoms with Crippen LogP contribution in [0.1, 0.15) is 21.6 Å². The molecule has 1 amide bonds. The number of aryl methyl sites for hydroxylation is 1. The number of nitrogens with zero attached hydrogens (tertiary/aromatic N) is 1. The summed E-state index contributed by atoms with van der Waals surface area (Å²) < 4.78 is 38.7. The van der Waals surface area contributed by atoms with Crippen molar-refractivity contribution in [1.29, 1.82) is 0 Å². The number of thiazole rings is 1. The number of rotatable bonds is 6. The molecule has 0 unspecified atom stereocenters. The molecule has 9 heteroatoms. The molecule has 0 saturated heterocycles. The molecule has 2 aromatic carbocycles. The number of halogens is 4. The van der Waals surface area contributed by atoms with Gasteiger partial charge in [0.1, 0.15) is 0 Å². The summed E-state index contributed by atoms with van der Waals surface area (Å²) in [5.74, 6) is -0.274. The number of aromatic nitrogens is 1. The SMILES string of the molecule is Cc1ccc(NCC(=O)Nc2ncc(Cc3cc(C(F)(F)F)ccc3Cl)s2)cc1. The van der Waals surface area contributed by atoms with Crippen LogP contribution < -0.4 is 10.6 Å². The monoisotopic (exact) mass is 439 g/mol. The molecule has 0 bridgehead atoms. The van der Waals surface area contributed by atoms with Crippen LogP contribution in [0.5, 0.6) is 0 Å². The lowest BCUT2D eigenvalue weighted by atomic mass is 10.1. The van der Waals surface area contributed by atoms with Crippen molar-refractivity contribution in [3.63, 3.8) is 0 Å². The molecule has 0 aliphatic carbocycles. The van der Waals surface area contributed by atoms with E-state index in [4.69, 9.17) is 11.6 Å². The molecule has 0 aliphatic heterocycles. The summed E-state index contributed by atoms with van der Waals surface area (Å²) >= 11 is 7.23. The van der Waals surface area contributed by atoms with E-state index in [0.29, 0.717) is 15.6 Å². The molecule has 1 heterocycles. The Kier molecular flexibility index (Phi) is 6.44. The van der Waals surface area contributed by atoms with Gasteiger partial charge in [-0.2, -0.15) is 13.2 Å². The Hall–Kier alpha value is -2.58. The van der Waals surface area contributed by atoms with Crippen molar-refractivity contribution in [1.82, 2.24) is 4.98 Å². The Bertz CT molecular complexity index is 1000. The Balaban J connectivity index is 1.59. The lowest BCUT2D eigenvalue weighted by molar-refractivity contribution is -0.137. The molecule has 0 spiro atoms. The van der Waals surface area contributed by atoms with Crippen LogP contribution in [-0.2, 0) is 17.4 Å². The first kappa shape index (κ1) is 21.1. The molecule has 152 valence electrons. The van der Waals surface area contributed by atoms with Gasteiger partial charge in [0.05, 0.1) is 12.1 Å². The Labute approximate surface area is 174 Å². The Morgan fingerprint density at radius 1 is 1.17 bits per heavy atom. The summed E-state index contributed by atoms with van der Waals surface area (Å²) in [5, 5.41) is 6.30. The molecular weight excluding hydrogens is 423 g/mol. The van der Waals surface area contributed by atoms with Crippen LogP contribution in [0.2, 0.25) is 5.02 Å². The van der Waals surface area contributed by atoms with E-state index in [1.54, 1.807) is 0 Å². The van der Waals surface area contributed by atoms with Crippen molar-refractivity contribution < 1.29 is 18.0 Å². The summed E-state index contributed by atoms with van der Waals surface area (Å²) in [5.41, 5.74) is 1.54. The van der Waals surface area contributed by atoms with Gasteiger partial charge in [-0.3, -0.25) is 4.79 Å². The summed E-state index contributed by atoms with van der Waals surface area (Å²) in [7, 11) is 0. The van der Waals surface area contributed by atoms with Crippen LogP contribution in [0.3, 0.4) is 0 Å². The number of nitrogens with one attached hydrogen (secondary N) is 2. The third-order valence-electron chi connectivity index (χ3n) is 4.04. The number of anilines is 2. The first-order valence-electron chi connectivity index (χ1n) is 8.61. The van der Waals surface area contributed by atoms with Gasteiger partial charge in [-0.1, -0.05) is 29.3 Å². The van der Waals surface area contributed by atoms with Crippen molar-refractivity contribution >= 4 is 39.7 Å². The third kappa shape index (κ3) is 5.95. The van der Waals surface area contributed by atoms with E-state index < -0.39 is 11.7 Å². The molecule has 0 atom stereocenters. The molecule has 2 N–H and O–H groups in total. The summed E-state index contributed by atoms with van der Waals surface area (Å²) in [6, 6.07) is 10.8. The Morgan fingerprint density at radius 2 is 1.90 bits per heavy atom. The lowest BCUT2D eigenvalue weighted by Gasteiger charge is -2.09. The van der Waals surface area contributed by atoms with Gasteiger partial charge in [-0.05, 0) is 42.8 Å². The molecule has 0 aliphatic rings. The van der Waals surface area contributed by atoms with Crippen LogP contribution in [0.25, 0.3) is 0 Å². The van der Waals surface area contributed by atoms with Gasteiger partial charge < -0.3 is 10.6 Å². The average molecular weight is 440 g/mol. The van der Waals surface area contributed by atoms with Crippen molar-refractivity contribution in [2.45, 2.75) is 19.5 Å². The van der Waals surface area contributed by atoms with E-state index in [2.05, 4.69) is 15.6 Å². The number of amides is 1. The predicted molar refractivity (Wildman–Crippen MR) is 110 cm³/mol. The molecule has 3 rings (SSSR count). The first-order valence-corrected chi connectivity index (χ1v) is 9.81. The van der Waals surface area contributed by atoms with E-state index in [-0.39, 0.29) is 23.9 Å². The lowest BCUT2D eigenvalue weighted by Crippen LogP contribution is -2.21. The van der Waals surface area contributed by atoms with E-state index in [1.165, 1.54) is 23.6 Å². The normalized spacial score (nSPS) is 11.3. The van der Waals surface area contributed by atoms with Crippen molar-refractivity contribution in [3.05, 3.63) is 75.3 Å². The number of carbonyl (C=O) groups is 1. The van der Waals surface area contributed by atoms with Gasteiger partial charge in [-0.15, -0.1) is 11.3 Å². The maximum atomic E-state index is 12.9. The van der Waals surface area contributed by atoms with Crippen molar-refractivity contribution in [3.8, 4) is 0 Å². The molecular formula is C20H17ClF3N3OS. The quantitative estimate of drug-likeness (QED) is 0.513. The predicted octanol–water partition coefficient (Wildman–Crippen LogP) is 5.77. The van der Waals surface area contributed by atoms with Crippen LogP contribution in [0.4, 0.5) is 24.0 Å². The summed E-state index contributed by atoms with van der Waals surface area (Å²) in [4.78, 5) is 16.9. The fourth-order valence-electron chi connectivity index (χ4n) is 2.54. The second-order valence-corrected chi connectivity index (χ2v) is 7.90. The van der Waals surface area contributed by atoms with E-state index in [0.717, 1.165) is 23.4 Å². The first-order chi connectivity index (χ1) is 13.7. The number of benzene rings is 2. The van der Waals surface area contributed by atoms with Crippen LogP contribution in [0, 0.1) is 6.92 Å². The zero-order valence-electron chi connectivity index (χ0n) is 15.3. The second kappa shape index (κ2) is 8.84. The minimum Gasteiger partial charge on any atom is -0.376 e. The molecule has 0 fully saturated rings. The van der Waals surface area contributed by atoms with Crippen molar-refractivity contribution in [2.24, 2.45) is 0 Å². The highest BCUT2D eigenvalue weighted by Crippen LogP contribution is 2.33. The molecule has 4 nitrogen and oxygen atoms in total. The zero-order valence-corrected chi connectivity index (χ0v) is 16.9. The summed E-state index contributed by atoms with van der Waals surface area (Å²) in [6.45, 7) is 2.04. The van der Waals surface area contributed by atoms with Gasteiger partial charge in [0.15, 0.2) is 5.13 Å². The number of hydrogen-bond donors (Lipinski definition) is 2. The van der Waals surface area contributed by atoms with Gasteiger partial charge in [0, 0.05) is 28.2 Å². The maximum absolute atomic E-state index is 12.9. The van der Waals surface area contributed by atoms with Gasteiger partial charge in [0.2, 0.25) is 5.91 Å². The standard InChI is InChI=1S/C20H17ClF3N3OS/c1-12-2-5-15(6-3-12)25-11-18(28)27-19-26-10-16(29-19)9-13-8-14(20(22,23)24)4-7-17(13)21/h2-8,10,25H,9,11H2,1H3,(H,26,27,28). The summed E-state index contributed by atoms with van der Waals surface area (Å²) in [6.07, 6.45) is -2.72. The highest BCUT2D eigenvalue weighted by Gasteiger charge is 2.30. The third-order valence-corrected chi connectivity index (χ3v) is 5.32. The molecule has 29 heavy (non-hydrogen) atoms. The molecule has 0 saturated carbocycles. The van der Waals surface area contributed by atoms with Crippen LogP contribution in [-0.4, -0.2) is 17.4 Å².